The molecule has 0 spiro atoms. The summed E-state index contributed by atoms with van der Waals surface area (Å²) in [6, 6.07) is 4.31. The first-order valence-electron chi connectivity index (χ1n) is 5.63. The van der Waals surface area contributed by atoms with Gasteiger partial charge in [-0.05, 0) is 25.0 Å². The van der Waals surface area contributed by atoms with Crippen LogP contribution >= 0.6 is 11.3 Å². The van der Waals surface area contributed by atoms with Gasteiger partial charge in [0.2, 0.25) is 0 Å². The van der Waals surface area contributed by atoms with E-state index in [1.807, 2.05) is 11.3 Å². The molecule has 1 aliphatic heterocycles. The molecule has 1 N–H and O–H groups in total. The fourth-order valence-corrected chi connectivity index (χ4v) is 2.96. The summed E-state index contributed by atoms with van der Waals surface area (Å²) in [7, 11) is 0. The Kier molecular flexibility index (Phi) is 3.78. The average Bonchev–Trinajstić information content (AvgIpc) is 2.87. The highest BCUT2D eigenvalue weighted by molar-refractivity contribution is 7.11. The number of hydrogen-bond donors (Lipinski definition) is 1. The zero-order valence-corrected chi connectivity index (χ0v) is 9.93. The summed E-state index contributed by atoms with van der Waals surface area (Å²) in [6.45, 7) is 3.70. The molecule has 2 rings (SSSR count). The molecular formula is C12H18O2S. The van der Waals surface area contributed by atoms with Gasteiger partial charge in [-0.25, -0.2) is 0 Å². The predicted molar refractivity (Wildman–Crippen MR) is 62.3 cm³/mol. The summed E-state index contributed by atoms with van der Waals surface area (Å²) in [4.78, 5) is 2.70. The van der Waals surface area contributed by atoms with E-state index in [1.54, 1.807) is 0 Å². The Morgan fingerprint density at radius 2 is 2.33 bits per heavy atom. The molecule has 0 amide bonds. The maximum absolute atomic E-state index is 10.0. The molecule has 0 saturated carbocycles. The van der Waals surface area contributed by atoms with E-state index in [2.05, 4.69) is 19.1 Å². The van der Waals surface area contributed by atoms with Crippen LogP contribution in [0.4, 0.5) is 0 Å². The normalized spacial score (nSPS) is 23.2. The second-order valence-corrected chi connectivity index (χ2v) is 5.37. The molecule has 1 aliphatic rings. The zero-order valence-electron chi connectivity index (χ0n) is 9.11. The van der Waals surface area contributed by atoms with Crippen LogP contribution in [0.25, 0.3) is 0 Å². The summed E-state index contributed by atoms with van der Waals surface area (Å²) in [5.74, 6) is 0.345. The number of aliphatic hydroxyl groups excluding tert-OH is 1. The molecule has 0 aliphatic carbocycles. The van der Waals surface area contributed by atoms with Crippen LogP contribution in [-0.4, -0.2) is 24.4 Å². The van der Waals surface area contributed by atoms with Gasteiger partial charge in [-0.15, -0.1) is 11.3 Å². The van der Waals surface area contributed by atoms with Crippen LogP contribution in [-0.2, 0) is 17.6 Å². The molecule has 2 heterocycles. The van der Waals surface area contributed by atoms with Crippen molar-refractivity contribution in [1.82, 2.24) is 0 Å². The molecule has 2 nitrogen and oxygen atoms in total. The molecule has 0 bridgehead atoms. The lowest BCUT2D eigenvalue weighted by Gasteiger charge is -2.14. The van der Waals surface area contributed by atoms with Crippen LogP contribution in [0, 0.1) is 5.92 Å². The molecule has 2 unspecified atom stereocenters. The van der Waals surface area contributed by atoms with Crippen LogP contribution in [0.2, 0.25) is 0 Å². The minimum absolute atomic E-state index is 0.226. The Labute approximate surface area is 94.9 Å². The first kappa shape index (κ1) is 11.1. The molecular weight excluding hydrogens is 208 g/mol. The Balaban J connectivity index is 1.89. The maximum Gasteiger partial charge on any atom is 0.0639 e. The number of aliphatic hydroxyl groups is 1. The Morgan fingerprint density at radius 3 is 2.93 bits per heavy atom. The first-order valence-corrected chi connectivity index (χ1v) is 6.44. The van der Waals surface area contributed by atoms with E-state index in [-0.39, 0.29) is 6.10 Å². The van der Waals surface area contributed by atoms with E-state index in [4.69, 9.17) is 4.74 Å². The first-order chi connectivity index (χ1) is 7.29. The molecule has 0 radical (unpaired) electrons. The van der Waals surface area contributed by atoms with Crippen LogP contribution in [0.5, 0.6) is 0 Å². The van der Waals surface area contributed by atoms with Crippen molar-refractivity contribution in [2.75, 3.05) is 13.2 Å². The highest BCUT2D eigenvalue weighted by atomic mass is 32.1. The highest BCUT2D eigenvalue weighted by Crippen LogP contribution is 2.23. The highest BCUT2D eigenvalue weighted by Gasteiger charge is 2.24. The maximum atomic E-state index is 10.0. The van der Waals surface area contributed by atoms with Crippen LogP contribution in [0.1, 0.15) is 23.1 Å². The number of ether oxygens (including phenoxy) is 1. The van der Waals surface area contributed by atoms with E-state index < -0.39 is 0 Å². The second kappa shape index (κ2) is 5.10. The Bertz CT molecular complexity index is 302. The molecule has 1 aromatic heterocycles. The smallest absolute Gasteiger partial charge is 0.0639 e. The lowest BCUT2D eigenvalue weighted by atomic mass is 9.99. The van der Waals surface area contributed by atoms with Gasteiger partial charge in [-0.2, -0.15) is 0 Å². The fraction of sp³-hybridized carbons (Fsp3) is 0.667. The van der Waals surface area contributed by atoms with E-state index in [0.717, 1.165) is 32.5 Å². The third kappa shape index (κ3) is 2.80. The summed E-state index contributed by atoms with van der Waals surface area (Å²) in [6.07, 6.45) is 2.66. The molecule has 84 valence electrons. The number of thiophene rings is 1. The van der Waals surface area contributed by atoms with Gasteiger partial charge in [-0.1, -0.05) is 6.92 Å². The van der Waals surface area contributed by atoms with Gasteiger partial charge in [0.15, 0.2) is 0 Å². The second-order valence-electron chi connectivity index (χ2n) is 4.12. The van der Waals surface area contributed by atoms with Crippen molar-refractivity contribution >= 4 is 11.3 Å². The van der Waals surface area contributed by atoms with Crippen molar-refractivity contribution in [2.45, 2.75) is 32.3 Å². The third-order valence-corrected chi connectivity index (χ3v) is 4.24. The SMILES string of the molecule is CCc1ccc(CC(O)C2CCOC2)s1. The zero-order chi connectivity index (χ0) is 10.7. The molecule has 0 aromatic carbocycles. The van der Waals surface area contributed by atoms with Crippen molar-refractivity contribution in [2.24, 2.45) is 5.92 Å². The van der Waals surface area contributed by atoms with Crippen molar-refractivity contribution in [3.8, 4) is 0 Å². The van der Waals surface area contributed by atoms with Gasteiger partial charge < -0.3 is 9.84 Å². The average molecular weight is 226 g/mol. The van der Waals surface area contributed by atoms with E-state index in [9.17, 15) is 5.11 Å². The number of rotatable bonds is 4. The van der Waals surface area contributed by atoms with Gasteiger partial charge in [0.25, 0.3) is 0 Å². The molecule has 3 heteroatoms. The number of aryl methyl sites for hydroxylation is 1. The van der Waals surface area contributed by atoms with E-state index in [1.165, 1.54) is 9.75 Å². The summed E-state index contributed by atoms with van der Waals surface area (Å²) in [5.41, 5.74) is 0. The topological polar surface area (TPSA) is 29.5 Å². The lowest BCUT2D eigenvalue weighted by Crippen LogP contribution is -2.22. The minimum atomic E-state index is -0.226. The van der Waals surface area contributed by atoms with Crippen molar-refractivity contribution in [3.63, 3.8) is 0 Å². The Morgan fingerprint density at radius 1 is 1.53 bits per heavy atom. The van der Waals surface area contributed by atoms with Crippen LogP contribution in [0.3, 0.4) is 0 Å². The van der Waals surface area contributed by atoms with E-state index >= 15 is 0 Å². The third-order valence-electron chi connectivity index (χ3n) is 2.99. The standard InChI is InChI=1S/C12H18O2S/c1-2-10-3-4-11(15-10)7-12(13)9-5-6-14-8-9/h3-4,9,12-13H,2,5-8H2,1H3. The van der Waals surface area contributed by atoms with Crippen molar-refractivity contribution in [1.29, 1.82) is 0 Å². The number of hydrogen-bond acceptors (Lipinski definition) is 3. The van der Waals surface area contributed by atoms with Gasteiger partial charge in [-0.3, -0.25) is 0 Å². The van der Waals surface area contributed by atoms with Crippen LogP contribution < -0.4 is 0 Å². The minimum Gasteiger partial charge on any atom is -0.392 e. The fourth-order valence-electron chi connectivity index (χ4n) is 1.95. The quantitative estimate of drug-likeness (QED) is 0.853. The summed E-state index contributed by atoms with van der Waals surface area (Å²) in [5, 5.41) is 10.0. The predicted octanol–water partition coefficient (Wildman–Crippen LogP) is 2.25. The molecule has 2 atom stereocenters. The molecule has 15 heavy (non-hydrogen) atoms. The monoisotopic (exact) mass is 226 g/mol. The molecule has 1 saturated heterocycles. The lowest BCUT2D eigenvalue weighted by molar-refractivity contribution is 0.0925. The summed E-state index contributed by atoms with van der Waals surface area (Å²) >= 11 is 1.82. The van der Waals surface area contributed by atoms with Gasteiger partial charge in [0.1, 0.15) is 0 Å². The van der Waals surface area contributed by atoms with Gasteiger partial charge >= 0.3 is 0 Å². The van der Waals surface area contributed by atoms with E-state index in [0.29, 0.717) is 5.92 Å². The van der Waals surface area contributed by atoms with Crippen molar-refractivity contribution < 1.29 is 9.84 Å². The molecule has 1 aromatic rings. The van der Waals surface area contributed by atoms with Gasteiger partial charge in [0.05, 0.1) is 12.7 Å². The largest absolute Gasteiger partial charge is 0.392 e. The van der Waals surface area contributed by atoms with Crippen molar-refractivity contribution in [3.05, 3.63) is 21.9 Å². The van der Waals surface area contributed by atoms with Gasteiger partial charge in [0, 0.05) is 28.7 Å². The van der Waals surface area contributed by atoms with Crippen LogP contribution in [0.15, 0.2) is 12.1 Å². The Hall–Kier alpha value is -0.380. The summed E-state index contributed by atoms with van der Waals surface area (Å²) < 4.78 is 5.29. The molecule has 1 fully saturated rings.